The number of benzene rings is 2. The summed E-state index contributed by atoms with van der Waals surface area (Å²) in [5.74, 6) is 0.141. The Morgan fingerprint density at radius 3 is 2.10 bits per heavy atom. The predicted molar refractivity (Wildman–Crippen MR) is 81.6 cm³/mol. The summed E-state index contributed by atoms with van der Waals surface area (Å²) < 4.78 is 0. The van der Waals surface area contributed by atoms with E-state index in [1.807, 2.05) is 66.7 Å². The normalized spacial score (nSPS) is 17.7. The maximum Gasteiger partial charge on any atom is 0.181 e. The number of para-hydroxylation sites is 2. The summed E-state index contributed by atoms with van der Waals surface area (Å²) in [7, 11) is 0. The molecule has 100 valence electrons. The Labute approximate surface area is 118 Å². The maximum atomic E-state index is 12.0. The van der Waals surface area contributed by atoms with Crippen LogP contribution < -0.4 is 10.6 Å². The van der Waals surface area contributed by atoms with Crippen molar-refractivity contribution < 1.29 is 4.79 Å². The fourth-order valence-corrected chi connectivity index (χ4v) is 2.29. The maximum absolute atomic E-state index is 12.0. The molecule has 0 spiro atoms. The van der Waals surface area contributed by atoms with Crippen molar-refractivity contribution >= 4 is 17.2 Å². The molecule has 0 fully saturated rings. The number of Topliss-reactive ketones (excluding diaryl/α,β-unsaturated/α-hetero) is 1. The molecule has 3 nitrogen and oxygen atoms in total. The number of hydrogen-bond acceptors (Lipinski definition) is 3. The Morgan fingerprint density at radius 1 is 0.850 bits per heavy atom. The molecule has 0 radical (unpaired) electrons. The molecule has 3 rings (SSSR count). The monoisotopic (exact) mass is 264 g/mol. The molecule has 2 N–H and O–H groups in total. The van der Waals surface area contributed by atoms with E-state index in [9.17, 15) is 4.79 Å². The van der Waals surface area contributed by atoms with Crippen molar-refractivity contribution in [3.63, 3.8) is 0 Å². The van der Waals surface area contributed by atoms with E-state index < -0.39 is 0 Å². The Hall–Kier alpha value is -2.55. The van der Waals surface area contributed by atoms with Crippen LogP contribution in [0, 0.1) is 0 Å². The SMILES string of the molecule is O=C1C[C@@H](Nc2ccccc2)C=C1Nc1ccccc1. The van der Waals surface area contributed by atoms with Gasteiger partial charge in [0.05, 0.1) is 11.7 Å². The van der Waals surface area contributed by atoms with Gasteiger partial charge in [0, 0.05) is 17.8 Å². The van der Waals surface area contributed by atoms with Crippen molar-refractivity contribution in [3.05, 3.63) is 72.4 Å². The van der Waals surface area contributed by atoms with E-state index in [0.717, 1.165) is 11.4 Å². The van der Waals surface area contributed by atoms with Crippen LogP contribution in [0.3, 0.4) is 0 Å². The van der Waals surface area contributed by atoms with Crippen molar-refractivity contribution in [2.45, 2.75) is 12.5 Å². The van der Waals surface area contributed by atoms with Gasteiger partial charge in [-0.1, -0.05) is 36.4 Å². The molecular weight excluding hydrogens is 248 g/mol. The molecule has 1 aliphatic rings. The standard InChI is InChI=1S/C17H16N2O/c20-17-12-15(18-13-7-3-1-4-8-13)11-16(17)19-14-9-5-2-6-10-14/h1-11,15,18-19H,12H2/t15-/m0/s1. The van der Waals surface area contributed by atoms with Crippen LogP contribution in [0.2, 0.25) is 0 Å². The van der Waals surface area contributed by atoms with Gasteiger partial charge < -0.3 is 10.6 Å². The molecule has 0 heterocycles. The summed E-state index contributed by atoms with van der Waals surface area (Å²) in [5.41, 5.74) is 2.64. The fraction of sp³-hybridized carbons (Fsp3) is 0.118. The van der Waals surface area contributed by atoms with E-state index in [2.05, 4.69) is 10.6 Å². The Morgan fingerprint density at radius 2 is 1.45 bits per heavy atom. The fourth-order valence-electron chi connectivity index (χ4n) is 2.29. The summed E-state index contributed by atoms with van der Waals surface area (Å²) in [4.78, 5) is 12.0. The van der Waals surface area contributed by atoms with Crippen LogP contribution in [-0.2, 0) is 4.79 Å². The molecule has 0 aromatic heterocycles. The highest BCUT2D eigenvalue weighted by Crippen LogP contribution is 2.21. The summed E-state index contributed by atoms with van der Waals surface area (Å²) >= 11 is 0. The molecule has 1 aliphatic carbocycles. The third kappa shape index (κ3) is 2.88. The van der Waals surface area contributed by atoms with Gasteiger partial charge in [-0.15, -0.1) is 0 Å². The smallest absolute Gasteiger partial charge is 0.181 e. The highest BCUT2D eigenvalue weighted by molar-refractivity contribution is 6.01. The van der Waals surface area contributed by atoms with Crippen molar-refractivity contribution in [3.8, 4) is 0 Å². The summed E-state index contributed by atoms with van der Waals surface area (Å²) in [6, 6.07) is 19.7. The zero-order valence-electron chi connectivity index (χ0n) is 11.0. The van der Waals surface area contributed by atoms with E-state index in [-0.39, 0.29) is 11.8 Å². The Bertz CT molecular complexity index is 620. The summed E-state index contributed by atoms with van der Waals surface area (Å²) in [5, 5.41) is 6.53. The average Bonchev–Trinajstić information content (AvgIpc) is 2.81. The molecule has 0 bridgehead atoms. The minimum Gasteiger partial charge on any atom is -0.378 e. The highest BCUT2D eigenvalue weighted by Gasteiger charge is 2.23. The van der Waals surface area contributed by atoms with Gasteiger partial charge in [-0.25, -0.2) is 0 Å². The van der Waals surface area contributed by atoms with Gasteiger partial charge in [-0.2, -0.15) is 0 Å². The number of carbonyl (C=O) groups excluding carboxylic acids is 1. The Balaban J connectivity index is 1.69. The summed E-state index contributed by atoms with van der Waals surface area (Å²) in [6.45, 7) is 0. The molecular formula is C17H16N2O. The first-order valence-electron chi connectivity index (χ1n) is 6.70. The summed E-state index contributed by atoms with van der Waals surface area (Å²) in [6.07, 6.45) is 2.45. The molecule has 0 aliphatic heterocycles. The second-order valence-electron chi connectivity index (χ2n) is 4.82. The van der Waals surface area contributed by atoms with Crippen LogP contribution in [0.25, 0.3) is 0 Å². The van der Waals surface area contributed by atoms with Crippen LogP contribution >= 0.6 is 0 Å². The van der Waals surface area contributed by atoms with Crippen molar-refractivity contribution in [2.24, 2.45) is 0 Å². The van der Waals surface area contributed by atoms with Gasteiger partial charge in [-0.3, -0.25) is 4.79 Å². The lowest BCUT2D eigenvalue weighted by molar-refractivity contribution is -0.114. The number of ketones is 1. The van der Waals surface area contributed by atoms with Crippen LogP contribution in [0.1, 0.15) is 6.42 Å². The van der Waals surface area contributed by atoms with Crippen molar-refractivity contribution in [1.82, 2.24) is 0 Å². The lowest BCUT2D eigenvalue weighted by Gasteiger charge is -2.10. The number of hydrogen-bond donors (Lipinski definition) is 2. The van der Waals surface area contributed by atoms with Crippen molar-refractivity contribution in [1.29, 1.82) is 0 Å². The first kappa shape index (κ1) is 12.5. The third-order valence-corrected chi connectivity index (χ3v) is 3.25. The minimum absolute atomic E-state index is 0.0520. The lowest BCUT2D eigenvalue weighted by Crippen LogP contribution is -2.15. The van der Waals surface area contributed by atoms with Gasteiger partial charge in [-0.05, 0) is 30.3 Å². The number of anilines is 2. The second kappa shape index (κ2) is 5.61. The van der Waals surface area contributed by atoms with Crippen LogP contribution in [0.5, 0.6) is 0 Å². The van der Waals surface area contributed by atoms with Crippen LogP contribution in [-0.4, -0.2) is 11.8 Å². The molecule has 0 amide bonds. The van der Waals surface area contributed by atoms with Crippen LogP contribution in [0.4, 0.5) is 11.4 Å². The minimum atomic E-state index is 0.0520. The van der Waals surface area contributed by atoms with Crippen molar-refractivity contribution in [2.75, 3.05) is 10.6 Å². The van der Waals surface area contributed by atoms with E-state index >= 15 is 0 Å². The predicted octanol–water partition coefficient (Wildman–Crippen LogP) is 3.44. The van der Waals surface area contributed by atoms with E-state index in [0.29, 0.717) is 12.1 Å². The number of allylic oxidation sites excluding steroid dienone is 1. The molecule has 3 heteroatoms. The topological polar surface area (TPSA) is 41.1 Å². The lowest BCUT2D eigenvalue weighted by atomic mass is 10.2. The van der Waals surface area contributed by atoms with Crippen LogP contribution in [0.15, 0.2) is 72.4 Å². The first-order valence-corrected chi connectivity index (χ1v) is 6.70. The Kier molecular flexibility index (Phi) is 3.50. The van der Waals surface area contributed by atoms with Gasteiger partial charge in [0.1, 0.15) is 0 Å². The molecule has 0 unspecified atom stereocenters. The van der Waals surface area contributed by atoms with E-state index in [4.69, 9.17) is 0 Å². The quantitative estimate of drug-likeness (QED) is 0.888. The third-order valence-electron chi connectivity index (χ3n) is 3.25. The number of carbonyl (C=O) groups is 1. The average molecular weight is 264 g/mol. The number of nitrogens with one attached hydrogen (secondary N) is 2. The van der Waals surface area contributed by atoms with Gasteiger partial charge >= 0.3 is 0 Å². The zero-order valence-corrected chi connectivity index (χ0v) is 11.0. The molecule has 20 heavy (non-hydrogen) atoms. The van der Waals surface area contributed by atoms with Gasteiger partial charge in [0.15, 0.2) is 5.78 Å². The highest BCUT2D eigenvalue weighted by atomic mass is 16.1. The number of rotatable bonds is 4. The first-order chi connectivity index (χ1) is 9.81. The molecule has 0 saturated heterocycles. The van der Waals surface area contributed by atoms with E-state index in [1.54, 1.807) is 0 Å². The largest absolute Gasteiger partial charge is 0.378 e. The molecule has 2 aromatic rings. The second-order valence-corrected chi connectivity index (χ2v) is 4.82. The molecule has 0 saturated carbocycles. The van der Waals surface area contributed by atoms with E-state index in [1.165, 1.54) is 0 Å². The molecule has 1 atom stereocenters. The molecule has 2 aromatic carbocycles. The van der Waals surface area contributed by atoms with Gasteiger partial charge in [0.25, 0.3) is 0 Å². The zero-order chi connectivity index (χ0) is 13.8. The van der Waals surface area contributed by atoms with Gasteiger partial charge in [0.2, 0.25) is 0 Å².